The normalized spacial score (nSPS) is 20.1. The van der Waals surface area contributed by atoms with Crippen LogP contribution in [0.4, 0.5) is 10.5 Å². The maximum absolute atomic E-state index is 12.6. The third-order valence-corrected chi connectivity index (χ3v) is 5.02. The fraction of sp³-hybridized carbons (Fsp3) is 0.500. The lowest BCUT2D eigenvalue weighted by Crippen LogP contribution is -2.51. The molecule has 0 radical (unpaired) electrons. The van der Waals surface area contributed by atoms with Gasteiger partial charge in [-0.3, -0.25) is 0 Å². The molecule has 0 aliphatic carbocycles. The highest BCUT2D eigenvalue weighted by molar-refractivity contribution is 5.90. The van der Waals surface area contributed by atoms with Crippen LogP contribution in [0.2, 0.25) is 0 Å². The summed E-state index contributed by atoms with van der Waals surface area (Å²) in [4.78, 5) is 18.8. The number of hydrogen-bond acceptors (Lipinski definition) is 4. The van der Waals surface area contributed by atoms with E-state index >= 15 is 0 Å². The third-order valence-electron chi connectivity index (χ3n) is 5.02. The second-order valence-electron chi connectivity index (χ2n) is 6.67. The molecule has 3 rings (SSSR count). The largest absolute Gasteiger partial charge is 0.394 e. The van der Waals surface area contributed by atoms with Gasteiger partial charge >= 0.3 is 6.03 Å². The predicted molar refractivity (Wildman–Crippen MR) is 95.9 cm³/mol. The standard InChI is InChI=1S/C18H25N5O2/c1-4-18(12-24)8-5-9-22(18)17(25)20-15-6-7-16(19-11-15)23-14(3)10-13(2)21-23/h6-7,10-11,24H,4-5,8-9,12H2,1-3H3,(H,20,25). The first-order valence-electron chi connectivity index (χ1n) is 8.68. The number of hydrogen-bond donors (Lipinski definition) is 2. The smallest absolute Gasteiger partial charge is 0.322 e. The lowest BCUT2D eigenvalue weighted by molar-refractivity contribution is 0.0867. The van der Waals surface area contributed by atoms with Gasteiger partial charge in [-0.1, -0.05) is 6.92 Å². The Labute approximate surface area is 147 Å². The lowest BCUT2D eigenvalue weighted by Gasteiger charge is -2.36. The van der Waals surface area contributed by atoms with Crippen molar-refractivity contribution in [2.24, 2.45) is 0 Å². The topological polar surface area (TPSA) is 83.3 Å². The molecule has 25 heavy (non-hydrogen) atoms. The molecule has 1 aliphatic heterocycles. The Balaban J connectivity index is 1.73. The van der Waals surface area contributed by atoms with Crippen LogP contribution in [0.25, 0.3) is 5.82 Å². The average Bonchev–Trinajstić information content (AvgIpc) is 3.19. The monoisotopic (exact) mass is 343 g/mol. The maximum atomic E-state index is 12.6. The highest BCUT2D eigenvalue weighted by Gasteiger charge is 2.41. The van der Waals surface area contributed by atoms with Crippen LogP contribution in [0, 0.1) is 13.8 Å². The van der Waals surface area contributed by atoms with Crippen molar-refractivity contribution >= 4 is 11.7 Å². The zero-order valence-corrected chi connectivity index (χ0v) is 15.0. The fourth-order valence-corrected chi connectivity index (χ4v) is 3.54. The second-order valence-corrected chi connectivity index (χ2v) is 6.67. The van der Waals surface area contributed by atoms with Gasteiger partial charge in [-0.15, -0.1) is 0 Å². The molecule has 0 bridgehead atoms. The van der Waals surface area contributed by atoms with E-state index in [1.165, 1.54) is 0 Å². The van der Waals surface area contributed by atoms with Crippen molar-refractivity contribution < 1.29 is 9.90 Å². The Kier molecular flexibility index (Phi) is 4.76. The number of carbonyl (C=O) groups excluding carboxylic acids is 1. The summed E-state index contributed by atoms with van der Waals surface area (Å²) in [7, 11) is 0. The molecule has 2 N–H and O–H groups in total. The first-order valence-corrected chi connectivity index (χ1v) is 8.68. The van der Waals surface area contributed by atoms with Gasteiger partial charge in [0.1, 0.15) is 0 Å². The SMILES string of the molecule is CCC1(CO)CCCN1C(=O)Nc1ccc(-n2nc(C)cc2C)nc1. The Morgan fingerprint density at radius 3 is 2.76 bits per heavy atom. The fourth-order valence-electron chi connectivity index (χ4n) is 3.54. The van der Waals surface area contributed by atoms with Gasteiger partial charge in [-0.05, 0) is 51.3 Å². The van der Waals surface area contributed by atoms with Crippen LogP contribution in [0.3, 0.4) is 0 Å². The van der Waals surface area contributed by atoms with Gasteiger partial charge in [-0.2, -0.15) is 5.10 Å². The number of urea groups is 1. The van der Waals surface area contributed by atoms with Crippen molar-refractivity contribution in [3.8, 4) is 5.82 Å². The molecule has 1 fully saturated rings. The minimum Gasteiger partial charge on any atom is -0.394 e. The molecule has 3 heterocycles. The molecule has 1 aliphatic rings. The van der Waals surface area contributed by atoms with Crippen LogP contribution in [-0.2, 0) is 0 Å². The number of aromatic nitrogens is 3. The molecule has 134 valence electrons. The van der Waals surface area contributed by atoms with Gasteiger partial charge in [0.25, 0.3) is 0 Å². The summed E-state index contributed by atoms with van der Waals surface area (Å²) in [6.45, 7) is 6.58. The first-order chi connectivity index (χ1) is 12.0. The van der Waals surface area contributed by atoms with Crippen molar-refractivity contribution in [3.63, 3.8) is 0 Å². The molecule has 7 nitrogen and oxygen atoms in total. The lowest BCUT2D eigenvalue weighted by atomic mass is 9.94. The van der Waals surface area contributed by atoms with E-state index in [0.717, 1.165) is 30.7 Å². The molecule has 2 aromatic rings. The number of rotatable bonds is 4. The maximum Gasteiger partial charge on any atom is 0.322 e. The summed E-state index contributed by atoms with van der Waals surface area (Å²) in [5.74, 6) is 0.711. The Hall–Kier alpha value is -2.41. The van der Waals surface area contributed by atoms with Crippen molar-refractivity contribution in [3.05, 3.63) is 35.8 Å². The number of aliphatic hydroxyl groups excluding tert-OH is 1. The van der Waals surface area contributed by atoms with Crippen molar-refractivity contribution in [1.29, 1.82) is 0 Å². The Morgan fingerprint density at radius 2 is 2.20 bits per heavy atom. The van der Waals surface area contributed by atoms with Crippen LogP contribution < -0.4 is 5.32 Å². The summed E-state index contributed by atoms with van der Waals surface area (Å²) in [5, 5.41) is 17.0. The zero-order chi connectivity index (χ0) is 18.0. The van der Waals surface area contributed by atoms with Crippen LogP contribution in [0.1, 0.15) is 37.6 Å². The minimum atomic E-state index is -0.443. The molecule has 0 saturated carbocycles. The number of aryl methyl sites for hydroxylation is 2. The van der Waals surface area contributed by atoms with Crippen LogP contribution in [0.5, 0.6) is 0 Å². The highest BCUT2D eigenvalue weighted by Crippen LogP contribution is 2.32. The second kappa shape index (κ2) is 6.84. The van der Waals surface area contributed by atoms with E-state index in [2.05, 4.69) is 15.4 Å². The molecule has 2 aromatic heterocycles. The van der Waals surface area contributed by atoms with E-state index in [-0.39, 0.29) is 12.6 Å². The molecular weight excluding hydrogens is 318 g/mol. The van der Waals surface area contributed by atoms with E-state index in [4.69, 9.17) is 0 Å². The van der Waals surface area contributed by atoms with Gasteiger partial charge in [0.2, 0.25) is 0 Å². The number of amides is 2. The van der Waals surface area contributed by atoms with E-state index in [0.29, 0.717) is 18.1 Å². The van der Waals surface area contributed by atoms with E-state index in [9.17, 15) is 9.90 Å². The van der Waals surface area contributed by atoms with Gasteiger partial charge < -0.3 is 15.3 Å². The number of carbonyl (C=O) groups is 1. The average molecular weight is 343 g/mol. The molecule has 1 atom stereocenters. The van der Waals surface area contributed by atoms with Gasteiger partial charge in [0.15, 0.2) is 5.82 Å². The number of nitrogens with zero attached hydrogens (tertiary/aromatic N) is 4. The molecule has 1 saturated heterocycles. The minimum absolute atomic E-state index is 0.00790. The van der Waals surface area contributed by atoms with Crippen molar-refractivity contribution in [2.75, 3.05) is 18.5 Å². The van der Waals surface area contributed by atoms with E-state index < -0.39 is 5.54 Å². The molecule has 2 amide bonds. The van der Waals surface area contributed by atoms with Crippen LogP contribution in [-0.4, -0.2) is 49.5 Å². The Bertz CT molecular complexity index is 749. The number of aliphatic hydroxyl groups is 1. The van der Waals surface area contributed by atoms with Crippen molar-refractivity contribution in [1.82, 2.24) is 19.7 Å². The molecular formula is C18H25N5O2. The van der Waals surface area contributed by atoms with Crippen molar-refractivity contribution in [2.45, 2.75) is 45.6 Å². The summed E-state index contributed by atoms with van der Waals surface area (Å²) in [6, 6.07) is 5.45. The van der Waals surface area contributed by atoms with Gasteiger partial charge in [0, 0.05) is 12.2 Å². The molecule has 0 aromatic carbocycles. The first kappa shape index (κ1) is 17.4. The quantitative estimate of drug-likeness (QED) is 0.894. The molecule has 1 unspecified atom stereocenters. The van der Waals surface area contributed by atoms with Crippen LogP contribution in [0.15, 0.2) is 24.4 Å². The Morgan fingerprint density at radius 1 is 1.40 bits per heavy atom. The number of likely N-dealkylation sites (tertiary alicyclic amines) is 1. The third kappa shape index (κ3) is 3.24. The summed E-state index contributed by atoms with van der Waals surface area (Å²) < 4.78 is 1.77. The number of pyridine rings is 1. The summed E-state index contributed by atoms with van der Waals surface area (Å²) in [5.41, 5.74) is 2.13. The predicted octanol–water partition coefficient (Wildman–Crippen LogP) is 2.65. The summed E-state index contributed by atoms with van der Waals surface area (Å²) >= 11 is 0. The van der Waals surface area contributed by atoms with Gasteiger partial charge in [0.05, 0.1) is 29.7 Å². The number of anilines is 1. The molecule has 0 spiro atoms. The zero-order valence-electron chi connectivity index (χ0n) is 15.0. The van der Waals surface area contributed by atoms with E-state index in [1.807, 2.05) is 39.0 Å². The van der Waals surface area contributed by atoms with E-state index in [1.54, 1.807) is 15.8 Å². The summed E-state index contributed by atoms with van der Waals surface area (Å²) in [6.07, 6.45) is 4.12. The highest BCUT2D eigenvalue weighted by atomic mass is 16.3. The molecule has 7 heteroatoms. The number of nitrogens with one attached hydrogen (secondary N) is 1. The van der Waals surface area contributed by atoms with Crippen LogP contribution >= 0.6 is 0 Å². The van der Waals surface area contributed by atoms with Gasteiger partial charge in [-0.25, -0.2) is 14.5 Å².